The first-order valence-corrected chi connectivity index (χ1v) is 10.3. The van der Waals surface area contributed by atoms with Crippen LogP contribution in [0.4, 0.5) is 5.82 Å². The lowest BCUT2D eigenvalue weighted by Gasteiger charge is -2.16. The van der Waals surface area contributed by atoms with Crippen LogP contribution in [-0.2, 0) is 11.3 Å². The lowest BCUT2D eigenvalue weighted by molar-refractivity contribution is -0.0342. The summed E-state index contributed by atoms with van der Waals surface area (Å²) in [5, 5.41) is 32.6. The first-order valence-electron chi connectivity index (χ1n) is 10.3. The summed E-state index contributed by atoms with van der Waals surface area (Å²) in [4.78, 5) is 12.3. The molecule has 33 heavy (non-hydrogen) atoms. The zero-order valence-corrected chi connectivity index (χ0v) is 17.7. The van der Waals surface area contributed by atoms with Crippen LogP contribution in [0.25, 0.3) is 16.9 Å². The van der Waals surface area contributed by atoms with Crippen molar-refractivity contribution in [1.82, 2.24) is 39.8 Å². The molecular weight excluding hydrogens is 430 g/mol. The quantitative estimate of drug-likeness (QED) is 0.282. The maximum atomic E-state index is 10.6. The Balaban J connectivity index is 1.23. The molecule has 13 nitrogen and oxygen atoms in total. The van der Waals surface area contributed by atoms with E-state index in [1.54, 1.807) is 22.6 Å². The van der Waals surface area contributed by atoms with E-state index in [4.69, 9.17) is 15.2 Å². The standard InChI is InChI=1S/C20H23N9O4/c1-32-13-5-3-2-4-12(13)29-8-11(26-27-29)6-22-7-14-16(30)17(31)20(33-14)28-10-25-15-18(21)23-9-24-19(15)28/h2-5,8-10,14,16-17,20,22,30-31H,6-7H2,1H3,(H2,21,23,24). The second-order valence-corrected chi connectivity index (χ2v) is 7.59. The summed E-state index contributed by atoms with van der Waals surface area (Å²) in [6.07, 6.45) is 0.757. The lowest BCUT2D eigenvalue weighted by Crippen LogP contribution is -2.37. The fourth-order valence-corrected chi connectivity index (χ4v) is 3.84. The molecule has 4 aromatic rings. The Morgan fingerprint density at radius 1 is 1.18 bits per heavy atom. The number of nitrogens with zero attached hydrogens (tertiary/aromatic N) is 7. The summed E-state index contributed by atoms with van der Waals surface area (Å²) in [5.41, 5.74) is 8.11. The number of rotatable bonds is 7. The van der Waals surface area contributed by atoms with Crippen molar-refractivity contribution in [3.63, 3.8) is 0 Å². The predicted molar refractivity (Wildman–Crippen MR) is 115 cm³/mol. The molecule has 0 aliphatic carbocycles. The van der Waals surface area contributed by atoms with Crippen LogP contribution in [0.2, 0.25) is 0 Å². The van der Waals surface area contributed by atoms with Crippen molar-refractivity contribution in [2.75, 3.05) is 19.4 Å². The molecule has 4 heterocycles. The van der Waals surface area contributed by atoms with Crippen molar-refractivity contribution in [2.24, 2.45) is 0 Å². The number of nitrogens with one attached hydrogen (secondary N) is 1. The number of aliphatic hydroxyl groups is 2. The van der Waals surface area contributed by atoms with Gasteiger partial charge < -0.3 is 30.7 Å². The molecule has 0 bridgehead atoms. The minimum atomic E-state index is -1.17. The average molecular weight is 453 g/mol. The van der Waals surface area contributed by atoms with Crippen LogP contribution < -0.4 is 15.8 Å². The number of nitrogen functional groups attached to an aromatic ring is 1. The van der Waals surface area contributed by atoms with E-state index in [1.807, 2.05) is 24.3 Å². The Hall–Kier alpha value is -3.65. The molecule has 0 spiro atoms. The van der Waals surface area contributed by atoms with Crippen molar-refractivity contribution in [2.45, 2.75) is 31.1 Å². The summed E-state index contributed by atoms with van der Waals surface area (Å²) in [5.74, 6) is 0.912. The second-order valence-electron chi connectivity index (χ2n) is 7.59. The van der Waals surface area contributed by atoms with Gasteiger partial charge in [0.25, 0.3) is 0 Å². The van der Waals surface area contributed by atoms with Crippen molar-refractivity contribution >= 4 is 17.0 Å². The Bertz CT molecular complexity index is 1260. The van der Waals surface area contributed by atoms with Crippen LogP contribution in [0, 0.1) is 0 Å². The van der Waals surface area contributed by atoms with Gasteiger partial charge in [-0.2, -0.15) is 0 Å². The van der Waals surface area contributed by atoms with E-state index in [-0.39, 0.29) is 12.4 Å². The Kier molecular flexibility index (Phi) is 5.60. The molecule has 4 unspecified atom stereocenters. The minimum Gasteiger partial charge on any atom is -0.494 e. The average Bonchev–Trinajstić information content (AvgIpc) is 3.54. The van der Waals surface area contributed by atoms with Gasteiger partial charge >= 0.3 is 0 Å². The van der Waals surface area contributed by atoms with Crippen molar-refractivity contribution in [3.05, 3.63) is 48.8 Å². The predicted octanol–water partition coefficient (Wildman–Crippen LogP) is -0.593. The van der Waals surface area contributed by atoms with Gasteiger partial charge in [0.2, 0.25) is 0 Å². The molecule has 0 radical (unpaired) electrons. The lowest BCUT2D eigenvalue weighted by atomic mass is 10.1. The van der Waals surface area contributed by atoms with Crippen LogP contribution in [0.3, 0.4) is 0 Å². The number of para-hydroxylation sites is 2. The number of anilines is 1. The number of aromatic nitrogens is 7. The number of hydrogen-bond donors (Lipinski definition) is 4. The number of aliphatic hydroxyl groups excluding tert-OH is 2. The van der Waals surface area contributed by atoms with Gasteiger partial charge in [-0.15, -0.1) is 5.10 Å². The van der Waals surface area contributed by atoms with Gasteiger partial charge in [-0.3, -0.25) is 4.57 Å². The highest BCUT2D eigenvalue weighted by Gasteiger charge is 2.44. The van der Waals surface area contributed by atoms with Gasteiger partial charge in [0.15, 0.2) is 17.7 Å². The van der Waals surface area contributed by atoms with Gasteiger partial charge in [0.05, 0.1) is 25.3 Å². The molecule has 5 rings (SSSR count). The molecule has 5 N–H and O–H groups in total. The fraction of sp³-hybridized carbons (Fsp3) is 0.350. The van der Waals surface area contributed by atoms with E-state index in [2.05, 4.69) is 30.6 Å². The van der Waals surface area contributed by atoms with E-state index in [1.165, 1.54) is 12.7 Å². The Labute approximate surface area is 187 Å². The molecule has 0 saturated carbocycles. The number of nitrogens with two attached hydrogens (primary N) is 1. The smallest absolute Gasteiger partial charge is 0.167 e. The minimum absolute atomic E-state index is 0.228. The molecule has 1 fully saturated rings. The molecule has 1 aliphatic rings. The van der Waals surface area contributed by atoms with E-state index in [0.29, 0.717) is 29.2 Å². The van der Waals surface area contributed by atoms with Gasteiger partial charge in [-0.25, -0.2) is 19.6 Å². The van der Waals surface area contributed by atoms with E-state index in [9.17, 15) is 10.2 Å². The van der Waals surface area contributed by atoms with Gasteiger partial charge in [-0.1, -0.05) is 17.3 Å². The van der Waals surface area contributed by atoms with Gasteiger partial charge in [0.1, 0.15) is 41.6 Å². The number of fused-ring (bicyclic) bond motifs is 1. The van der Waals surface area contributed by atoms with E-state index >= 15 is 0 Å². The van der Waals surface area contributed by atoms with Crippen LogP contribution in [0.5, 0.6) is 5.75 Å². The molecule has 3 aromatic heterocycles. The molecule has 13 heteroatoms. The van der Waals surface area contributed by atoms with E-state index in [0.717, 1.165) is 5.69 Å². The fourth-order valence-electron chi connectivity index (χ4n) is 3.84. The molecule has 1 aliphatic heterocycles. The summed E-state index contributed by atoms with van der Waals surface area (Å²) in [7, 11) is 1.60. The third kappa shape index (κ3) is 3.87. The van der Waals surface area contributed by atoms with Crippen LogP contribution >= 0.6 is 0 Å². The third-order valence-corrected chi connectivity index (χ3v) is 5.52. The highest BCUT2D eigenvalue weighted by molar-refractivity contribution is 5.81. The third-order valence-electron chi connectivity index (χ3n) is 5.52. The number of imidazole rings is 1. The highest BCUT2D eigenvalue weighted by atomic mass is 16.6. The Morgan fingerprint density at radius 2 is 2.03 bits per heavy atom. The van der Waals surface area contributed by atoms with E-state index < -0.39 is 24.5 Å². The van der Waals surface area contributed by atoms with Gasteiger partial charge in [-0.05, 0) is 12.1 Å². The van der Waals surface area contributed by atoms with Crippen LogP contribution in [0.1, 0.15) is 11.9 Å². The number of benzene rings is 1. The zero-order valence-electron chi connectivity index (χ0n) is 17.7. The van der Waals surface area contributed by atoms with Gasteiger partial charge in [0, 0.05) is 13.1 Å². The first kappa shape index (κ1) is 21.2. The highest BCUT2D eigenvalue weighted by Crippen LogP contribution is 2.31. The normalized spacial score (nSPS) is 22.8. The summed E-state index contributed by atoms with van der Waals surface area (Å²) in [6, 6.07) is 7.50. The number of ether oxygens (including phenoxy) is 2. The molecule has 172 valence electrons. The largest absolute Gasteiger partial charge is 0.494 e. The van der Waals surface area contributed by atoms with Crippen LogP contribution in [-0.4, -0.2) is 76.7 Å². The second kappa shape index (κ2) is 8.71. The van der Waals surface area contributed by atoms with Crippen LogP contribution in [0.15, 0.2) is 43.1 Å². The molecule has 1 aromatic carbocycles. The molecular formula is C20H23N9O4. The van der Waals surface area contributed by atoms with Crippen molar-refractivity contribution in [3.8, 4) is 11.4 Å². The SMILES string of the molecule is COc1ccccc1-n1cc(CNCC2OC(n3cnc4c(N)ncnc43)C(O)C2O)nn1. The molecule has 4 atom stereocenters. The molecule has 1 saturated heterocycles. The zero-order chi connectivity index (χ0) is 22.9. The topological polar surface area (TPSA) is 171 Å². The maximum Gasteiger partial charge on any atom is 0.167 e. The van der Waals surface area contributed by atoms with Crippen molar-refractivity contribution in [1.29, 1.82) is 0 Å². The monoisotopic (exact) mass is 453 g/mol. The number of methoxy groups -OCH3 is 1. The number of hydrogen-bond acceptors (Lipinski definition) is 11. The summed E-state index contributed by atoms with van der Waals surface area (Å²) >= 11 is 0. The first-order chi connectivity index (χ1) is 16.1. The summed E-state index contributed by atoms with van der Waals surface area (Å²) < 4.78 is 14.5. The maximum absolute atomic E-state index is 10.6. The molecule has 0 amide bonds. The van der Waals surface area contributed by atoms with Crippen molar-refractivity contribution < 1.29 is 19.7 Å². The Morgan fingerprint density at radius 3 is 2.88 bits per heavy atom. The summed E-state index contributed by atoms with van der Waals surface area (Å²) in [6.45, 7) is 0.667.